The summed E-state index contributed by atoms with van der Waals surface area (Å²) >= 11 is 1.71. The number of anilines is 1. The lowest BCUT2D eigenvalue weighted by atomic mass is 10.3. The van der Waals surface area contributed by atoms with E-state index in [0.717, 1.165) is 28.7 Å². The maximum Gasteiger partial charge on any atom is 0.155 e. The molecule has 2 N–H and O–H groups in total. The van der Waals surface area contributed by atoms with Crippen molar-refractivity contribution < 1.29 is 5.11 Å². The van der Waals surface area contributed by atoms with Crippen molar-refractivity contribution in [3.8, 4) is 0 Å². The summed E-state index contributed by atoms with van der Waals surface area (Å²) in [6, 6.07) is 4.03. The predicted octanol–water partition coefficient (Wildman–Crippen LogP) is 1.96. The molecule has 0 aliphatic rings. The molecule has 3 rings (SSSR count). The van der Waals surface area contributed by atoms with Crippen LogP contribution >= 0.6 is 11.8 Å². The zero-order chi connectivity index (χ0) is 15.2. The fraction of sp³-hybridized carbons (Fsp3) is 0.267. The molecule has 3 heterocycles. The molecular weight excluding hydrogens is 298 g/mol. The number of fused-ring (bicyclic) bond motifs is 1. The summed E-state index contributed by atoms with van der Waals surface area (Å²) in [5.41, 5.74) is 3.08. The molecule has 0 fully saturated rings. The van der Waals surface area contributed by atoms with Crippen LogP contribution in [0.3, 0.4) is 0 Å². The van der Waals surface area contributed by atoms with Crippen LogP contribution in [-0.2, 0) is 12.3 Å². The first-order valence-electron chi connectivity index (χ1n) is 7.00. The number of thioether (sulfide) groups is 1. The number of aliphatic hydroxyl groups excluding tert-OH is 1. The molecule has 0 aliphatic carbocycles. The van der Waals surface area contributed by atoms with Gasteiger partial charge >= 0.3 is 0 Å². The number of pyridine rings is 1. The second-order valence-corrected chi connectivity index (χ2v) is 5.84. The zero-order valence-electron chi connectivity index (χ0n) is 12.0. The van der Waals surface area contributed by atoms with Crippen molar-refractivity contribution in [2.45, 2.75) is 12.3 Å². The first-order valence-corrected chi connectivity index (χ1v) is 8.15. The third-order valence-corrected chi connectivity index (χ3v) is 4.18. The van der Waals surface area contributed by atoms with Crippen LogP contribution in [0.2, 0.25) is 0 Å². The van der Waals surface area contributed by atoms with Gasteiger partial charge in [-0.1, -0.05) is 0 Å². The number of nitrogens with zero attached hydrogens (tertiary/aromatic N) is 4. The highest BCUT2D eigenvalue weighted by Gasteiger charge is 2.03. The van der Waals surface area contributed by atoms with Gasteiger partial charge in [0.2, 0.25) is 0 Å². The maximum absolute atomic E-state index is 8.82. The highest BCUT2D eigenvalue weighted by atomic mass is 32.2. The van der Waals surface area contributed by atoms with E-state index < -0.39 is 0 Å². The molecule has 0 radical (unpaired) electrons. The Bertz CT molecular complexity index is 745. The van der Waals surface area contributed by atoms with Crippen LogP contribution < -0.4 is 5.32 Å². The summed E-state index contributed by atoms with van der Waals surface area (Å²) in [6.45, 7) is 0.857. The molecule has 0 amide bonds. The Morgan fingerprint density at radius 1 is 1.23 bits per heavy atom. The second kappa shape index (κ2) is 7.24. The number of hydrogen-bond acceptors (Lipinski definition) is 6. The van der Waals surface area contributed by atoms with Gasteiger partial charge in [0.1, 0.15) is 5.82 Å². The minimum absolute atomic E-state index is 0.212. The summed E-state index contributed by atoms with van der Waals surface area (Å²) in [5.74, 6) is 2.46. The van der Waals surface area contributed by atoms with Crippen molar-refractivity contribution in [3.05, 3.63) is 54.4 Å². The maximum atomic E-state index is 8.82. The van der Waals surface area contributed by atoms with Crippen molar-refractivity contribution in [1.82, 2.24) is 19.4 Å². The topological polar surface area (TPSA) is 75.3 Å². The van der Waals surface area contributed by atoms with E-state index in [1.54, 1.807) is 30.4 Å². The number of rotatable bonds is 7. The number of aliphatic hydroxyl groups is 1. The Morgan fingerprint density at radius 2 is 2.18 bits per heavy atom. The Hall–Kier alpha value is -2.12. The molecule has 7 heteroatoms. The largest absolute Gasteiger partial charge is 0.396 e. The number of hydrogen-bond donors (Lipinski definition) is 2. The Morgan fingerprint density at radius 3 is 3.09 bits per heavy atom. The lowest BCUT2D eigenvalue weighted by molar-refractivity contribution is 0.322. The zero-order valence-corrected chi connectivity index (χ0v) is 12.8. The molecule has 0 bridgehead atoms. The van der Waals surface area contributed by atoms with Gasteiger partial charge in [-0.15, -0.1) is 0 Å². The second-order valence-electron chi connectivity index (χ2n) is 4.73. The molecule has 3 aromatic rings. The van der Waals surface area contributed by atoms with E-state index in [1.807, 2.05) is 28.9 Å². The minimum atomic E-state index is 0.212. The quantitative estimate of drug-likeness (QED) is 0.649. The summed E-state index contributed by atoms with van der Waals surface area (Å²) in [5, 5.41) is 12.1. The molecule has 0 unspecified atom stereocenters. The summed E-state index contributed by atoms with van der Waals surface area (Å²) < 4.78 is 2.00. The fourth-order valence-electron chi connectivity index (χ4n) is 2.12. The number of imidazole rings is 1. The van der Waals surface area contributed by atoms with Gasteiger partial charge in [0, 0.05) is 30.1 Å². The Labute approximate surface area is 132 Å². The van der Waals surface area contributed by atoms with E-state index in [9.17, 15) is 0 Å². The number of nitrogens with one attached hydrogen (secondary N) is 1. The lowest BCUT2D eigenvalue weighted by Gasteiger charge is -2.07. The van der Waals surface area contributed by atoms with Crippen LogP contribution in [0.5, 0.6) is 0 Å². The molecule has 0 spiro atoms. The van der Waals surface area contributed by atoms with Crippen LogP contribution in [0.4, 0.5) is 5.82 Å². The molecule has 114 valence electrons. The SMILES string of the molecule is OCCSCc1ccnc(NCc2cnc3cnccn23)c1. The average molecular weight is 315 g/mol. The van der Waals surface area contributed by atoms with Crippen molar-refractivity contribution in [1.29, 1.82) is 0 Å². The molecule has 22 heavy (non-hydrogen) atoms. The lowest BCUT2D eigenvalue weighted by Crippen LogP contribution is -2.04. The third-order valence-electron chi connectivity index (χ3n) is 3.17. The molecule has 0 saturated heterocycles. The minimum Gasteiger partial charge on any atom is -0.396 e. The van der Waals surface area contributed by atoms with Crippen molar-refractivity contribution in [2.75, 3.05) is 17.7 Å². The van der Waals surface area contributed by atoms with Crippen LogP contribution in [0.1, 0.15) is 11.3 Å². The molecule has 0 aliphatic heterocycles. The smallest absolute Gasteiger partial charge is 0.155 e. The highest BCUT2D eigenvalue weighted by Crippen LogP contribution is 2.15. The van der Waals surface area contributed by atoms with Crippen LogP contribution in [0, 0.1) is 0 Å². The fourth-order valence-corrected chi connectivity index (χ4v) is 2.81. The molecule has 0 saturated carbocycles. The van der Waals surface area contributed by atoms with Gasteiger partial charge < -0.3 is 10.4 Å². The first-order chi connectivity index (χ1) is 10.9. The van der Waals surface area contributed by atoms with Gasteiger partial charge in [0.05, 0.1) is 31.2 Å². The summed E-state index contributed by atoms with van der Waals surface area (Å²) in [6.07, 6.45) is 9.02. The standard InChI is InChI=1S/C15H17N5OS/c21-5-6-22-11-12-1-2-17-14(7-12)18-8-13-9-19-15-10-16-3-4-20(13)15/h1-4,7,9-10,21H,5-6,8,11H2,(H,17,18). The predicted molar refractivity (Wildman–Crippen MR) is 87.8 cm³/mol. The third kappa shape index (κ3) is 3.55. The van der Waals surface area contributed by atoms with Gasteiger partial charge in [0.25, 0.3) is 0 Å². The van der Waals surface area contributed by atoms with Gasteiger partial charge in [-0.2, -0.15) is 11.8 Å². The molecular formula is C15H17N5OS. The first kappa shape index (κ1) is 14.8. The van der Waals surface area contributed by atoms with Gasteiger partial charge in [-0.25, -0.2) is 9.97 Å². The van der Waals surface area contributed by atoms with Crippen LogP contribution in [-0.4, -0.2) is 36.8 Å². The van der Waals surface area contributed by atoms with Gasteiger partial charge in [-0.05, 0) is 17.7 Å². The van der Waals surface area contributed by atoms with E-state index in [-0.39, 0.29) is 6.61 Å². The molecule has 3 aromatic heterocycles. The van der Waals surface area contributed by atoms with E-state index in [2.05, 4.69) is 20.3 Å². The summed E-state index contributed by atoms with van der Waals surface area (Å²) in [4.78, 5) is 12.7. The van der Waals surface area contributed by atoms with Crippen molar-refractivity contribution in [2.24, 2.45) is 0 Å². The average Bonchev–Trinajstić information content (AvgIpc) is 2.97. The summed E-state index contributed by atoms with van der Waals surface area (Å²) in [7, 11) is 0. The van der Waals surface area contributed by atoms with Crippen molar-refractivity contribution >= 4 is 23.2 Å². The van der Waals surface area contributed by atoms with Crippen LogP contribution in [0.25, 0.3) is 5.65 Å². The van der Waals surface area contributed by atoms with E-state index in [1.165, 1.54) is 5.56 Å². The Balaban J connectivity index is 1.65. The highest BCUT2D eigenvalue weighted by molar-refractivity contribution is 7.98. The normalized spacial score (nSPS) is 11.0. The molecule has 0 atom stereocenters. The molecule has 0 aromatic carbocycles. The van der Waals surface area contributed by atoms with E-state index in [4.69, 9.17) is 5.11 Å². The van der Waals surface area contributed by atoms with E-state index in [0.29, 0.717) is 6.54 Å². The number of aromatic nitrogens is 4. The van der Waals surface area contributed by atoms with Crippen molar-refractivity contribution in [3.63, 3.8) is 0 Å². The van der Waals surface area contributed by atoms with Gasteiger partial charge in [-0.3, -0.25) is 9.38 Å². The monoisotopic (exact) mass is 315 g/mol. The molecule has 6 nitrogen and oxygen atoms in total. The van der Waals surface area contributed by atoms with E-state index >= 15 is 0 Å². The van der Waals surface area contributed by atoms with Gasteiger partial charge in [0.15, 0.2) is 5.65 Å². The Kier molecular flexibility index (Phi) is 4.87. The van der Waals surface area contributed by atoms with Crippen LogP contribution in [0.15, 0.2) is 43.1 Å².